The predicted molar refractivity (Wildman–Crippen MR) is 204 cm³/mol. The van der Waals surface area contributed by atoms with Crippen LogP contribution in [0.3, 0.4) is 0 Å². The molecule has 14 nitrogen and oxygen atoms in total. The summed E-state index contributed by atoms with van der Waals surface area (Å²) in [7, 11) is 0. The molecule has 0 radical (unpaired) electrons. The van der Waals surface area contributed by atoms with E-state index >= 15 is 0 Å². The van der Waals surface area contributed by atoms with Crippen molar-refractivity contribution in [3.05, 3.63) is 73.3 Å². The van der Waals surface area contributed by atoms with Crippen molar-refractivity contribution in [3.8, 4) is 23.5 Å². The monoisotopic (exact) mass is 744 g/mol. The van der Waals surface area contributed by atoms with Crippen molar-refractivity contribution in [1.82, 2.24) is 19.1 Å². The molecular weight excluding hydrogens is 692 g/mol. The Kier molecular flexibility index (Phi) is 16.6. The van der Waals surface area contributed by atoms with Gasteiger partial charge in [-0.25, -0.2) is 19.6 Å². The van der Waals surface area contributed by atoms with E-state index in [1.54, 1.807) is 70.1 Å². The fraction of sp³-hybridized carbons (Fsp3) is 0.450. The summed E-state index contributed by atoms with van der Waals surface area (Å²) in [6, 6.07) is 14.0. The van der Waals surface area contributed by atoms with Crippen LogP contribution in [-0.2, 0) is 32.3 Å². The molecule has 0 saturated carbocycles. The molecule has 0 fully saturated rings. The van der Waals surface area contributed by atoms with Crippen molar-refractivity contribution >= 4 is 35.1 Å². The minimum Gasteiger partial charge on any atom is -0.489 e. The first kappa shape index (κ1) is 41.1. The minimum absolute atomic E-state index is 0.0754. The SMILES string of the molecule is CCCCCCC(Cn1ccnc1OC(=O)C(=O)Oc1nccn1CC(CCCCCC)Oc1ccc(NC(C)=O)cc1)Oc1ccc(NC(C)=O)cc1. The first-order valence-corrected chi connectivity index (χ1v) is 18.7. The number of nitrogens with zero attached hydrogens (tertiary/aromatic N) is 4. The lowest BCUT2D eigenvalue weighted by atomic mass is 10.1. The zero-order valence-corrected chi connectivity index (χ0v) is 31.6. The van der Waals surface area contributed by atoms with Crippen LogP contribution in [0, 0.1) is 0 Å². The predicted octanol–water partition coefficient (Wildman–Crippen LogP) is 7.34. The van der Waals surface area contributed by atoms with Crippen molar-refractivity contribution in [3.63, 3.8) is 0 Å². The van der Waals surface area contributed by atoms with Gasteiger partial charge in [0.05, 0.1) is 13.1 Å². The fourth-order valence-corrected chi connectivity index (χ4v) is 5.76. The minimum atomic E-state index is -1.25. The molecule has 290 valence electrons. The molecule has 2 heterocycles. The summed E-state index contributed by atoms with van der Waals surface area (Å²) in [4.78, 5) is 57.1. The van der Waals surface area contributed by atoms with Gasteiger partial charge in [-0.15, -0.1) is 0 Å². The number of aromatic nitrogens is 4. The Morgan fingerprint density at radius 1 is 0.593 bits per heavy atom. The lowest BCUT2D eigenvalue weighted by Crippen LogP contribution is -2.30. The summed E-state index contributed by atoms with van der Waals surface area (Å²) in [5.41, 5.74) is 1.32. The first-order valence-electron chi connectivity index (χ1n) is 18.7. The van der Waals surface area contributed by atoms with Crippen LogP contribution in [0.25, 0.3) is 0 Å². The van der Waals surface area contributed by atoms with Gasteiger partial charge in [0, 0.05) is 50.0 Å². The molecule has 2 N–H and O–H groups in total. The van der Waals surface area contributed by atoms with Crippen LogP contribution < -0.4 is 29.6 Å². The highest BCUT2D eigenvalue weighted by Crippen LogP contribution is 2.23. The van der Waals surface area contributed by atoms with Crippen LogP contribution in [-0.4, -0.2) is 55.1 Å². The molecule has 54 heavy (non-hydrogen) atoms. The Bertz CT molecular complexity index is 1640. The maximum Gasteiger partial charge on any atom is 0.425 e. The van der Waals surface area contributed by atoms with Gasteiger partial charge in [-0.2, -0.15) is 0 Å². The third-order valence-corrected chi connectivity index (χ3v) is 8.40. The van der Waals surface area contributed by atoms with Crippen LogP contribution in [0.15, 0.2) is 73.3 Å². The third-order valence-electron chi connectivity index (χ3n) is 8.40. The van der Waals surface area contributed by atoms with E-state index in [-0.39, 0.29) is 36.0 Å². The van der Waals surface area contributed by atoms with Crippen LogP contribution in [0.1, 0.15) is 91.9 Å². The number of carbonyl (C=O) groups is 4. The van der Waals surface area contributed by atoms with E-state index in [0.29, 0.717) is 36.0 Å². The maximum absolute atomic E-state index is 13.0. The van der Waals surface area contributed by atoms with E-state index in [1.807, 2.05) is 0 Å². The van der Waals surface area contributed by atoms with Gasteiger partial charge in [0.2, 0.25) is 11.8 Å². The third kappa shape index (κ3) is 14.1. The molecule has 0 saturated heterocycles. The fourth-order valence-electron chi connectivity index (χ4n) is 5.76. The Hall–Kier alpha value is -5.66. The maximum atomic E-state index is 13.0. The van der Waals surface area contributed by atoms with Gasteiger partial charge < -0.3 is 29.6 Å². The number of ether oxygens (including phenoxy) is 4. The highest BCUT2D eigenvalue weighted by Gasteiger charge is 2.25. The number of imidazole rings is 2. The van der Waals surface area contributed by atoms with E-state index in [1.165, 1.54) is 26.2 Å². The van der Waals surface area contributed by atoms with Crippen LogP contribution in [0.5, 0.6) is 23.5 Å². The second-order valence-electron chi connectivity index (χ2n) is 13.1. The number of hydrogen-bond donors (Lipinski definition) is 2. The zero-order chi connectivity index (χ0) is 38.7. The zero-order valence-electron chi connectivity index (χ0n) is 31.6. The van der Waals surface area contributed by atoms with E-state index in [4.69, 9.17) is 18.9 Å². The standard InChI is InChI=1S/C40H52N6O8/c1-5-7-9-11-13-35(51-33-19-15-31(16-20-33)43-29(3)47)27-45-25-23-41-39(45)53-37(49)38(50)54-40-42-24-26-46(40)28-36(14-12-10-8-6-2)52-34-21-17-32(18-22-34)44-30(4)48/h15-26,35-36H,5-14,27-28H2,1-4H3,(H,43,47)(H,44,48). The van der Waals surface area contributed by atoms with Crippen molar-refractivity contribution in [1.29, 1.82) is 0 Å². The summed E-state index contributed by atoms with van der Waals surface area (Å²) in [6.07, 6.45) is 15.5. The smallest absolute Gasteiger partial charge is 0.425 e. The molecule has 2 amide bonds. The largest absolute Gasteiger partial charge is 0.489 e. The van der Waals surface area contributed by atoms with Gasteiger partial charge in [0.1, 0.15) is 23.7 Å². The number of anilines is 2. The molecule has 0 aliphatic carbocycles. The van der Waals surface area contributed by atoms with Crippen molar-refractivity contribution in [2.24, 2.45) is 0 Å². The molecular formula is C40H52N6O8. The lowest BCUT2D eigenvalue weighted by molar-refractivity contribution is -0.157. The Balaban J connectivity index is 1.38. The Labute approximate surface area is 316 Å². The molecule has 2 aromatic carbocycles. The summed E-state index contributed by atoms with van der Waals surface area (Å²) in [5.74, 6) is -1.59. The number of esters is 2. The van der Waals surface area contributed by atoms with Gasteiger partial charge >= 0.3 is 24.0 Å². The van der Waals surface area contributed by atoms with Crippen molar-refractivity contribution in [2.45, 2.75) is 117 Å². The normalized spacial score (nSPS) is 12.0. The molecule has 4 rings (SSSR count). The average Bonchev–Trinajstić information content (AvgIpc) is 3.77. The molecule has 0 aliphatic rings. The number of unbranched alkanes of at least 4 members (excludes halogenated alkanes) is 6. The number of hydrogen-bond acceptors (Lipinski definition) is 10. The topological polar surface area (TPSA) is 165 Å². The lowest BCUT2D eigenvalue weighted by Gasteiger charge is -2.21. The van der Waals surface area contributed by atoms with E-state index in [2.05, 4.69) is 34.4 Å². The van der Waals surface area contributed by atoms with Gasteiger partial charge in [0.15, 0.2) is 0 Å². The molecule has 14 heteroatoms. The van der Waals surface area contributed by atoms with E-state index in [9.17, 15) is 19.2 Å². The summed E-state index contributed by atoms with van der Waals surface area (Å²) < 4.78 is 26.7. The molecule has 0 spiro atoms. The number of rotatable bonds is 22. The first-order chi connectivity index (χ1) is 26.1. The Morgan fingerprint density at radius 3 is 1.33 bits per heavy atom. The molecule has 0 aliphatic heterocycles. The van der Waals surface area contributed by atoms with Gasteiger partial charge in [0.25, 0.3) is 0 Å². The molecule has 2 atom stereocenters. The second-order valence-corrected chi connectivity index (χ2v) is 13.1. The molecule has 2 aromatic heterocycles. The number of nitrogens with one attached hydrogen (secondary N) is 2. The number of carbonyl (C=O) groups excluding carboxylic acids is 4. The summed E-state index contributed by atoms with van der Waals surface area (Å²) in [6.45, 7) is 7.80. The molecule has 2 unspecified atom stereocenters. The molecule has 0 bridgehead atoms. The van der Waals surface area contributed by atoms with Gasteiger partial charge in [-0.3, -0.25) is 18.7 Å². The van der Waals surface area contributed by atoms with Crippen LogP contribution >= 0.6 is 0 Å². The summed E-state index contributed by atoms with van der Waals surface area (Å²) >= 11 is 0. The summed E-state index contributed by atoms with van der Waals surface area (Å²) in [5, 5.41) is 5.48. The van der Waals surface area contributed by atoms with Crippen LogP contribution in [0.4, 0.5) is 11.4 Å². The highest BCUT2D eigenvalue weighted by atomic mass is 16.6. The average molecular weight is 745 g/mol. The van der Waals surface area contributed by atoms with Crippen molar-refractivity contribution < 1.29 is 38.1 Å². The highest BCUT2D eigenvalue weighted by molar-refractivity contribution is 6.30. The molecule has 4 aromatic rings. The van der Waals surface area contributed by atoms with Crippen molar-refractivity contribution in [2.75, 3.05) is 10.6 Å². The quantitative estimate of drug-likeness (QED) is 0.0472. The van der Waals surface area contributed by atoms with E-state index in [0.717, 1.165) is 64.2 Å². The van der Waals surface area contributed by atoms with E-state index < -0.39 is 11.9 Å². The Morgan fingerprint density at radius 2 is 0.981 bits per heavy atom. The second kappa shape index (κ2) is 21.8. The van der Waals surface area contributed by atoms with Crippen LogP contribution in [0.2, 0.25) is 0 Å². The number of amides is 2. The number of benzene rings is 2. The van der Waals surface area contributed by atoms with Gasteiger partial charge in [-0.1, -0.05) is 52.4 Å². The van der Waals surface area contributed by atoms with Gasteiger partial charge in [-0.05, 0) is 74.2 Å².